The SMILES string of the molecule is O=C(Nc1nnc(N=Cc2ccc([N+](=O)[O-])s2)s1)c1ccc(S(=O)(=O)N2CCOCC2)cc1. The molecule has 15 heteroatoms. The van der Waals surface area contributed by atoms with Gasteiger partial charge in [-0.05, 0) is 30.3 Å². The zero-order chi connectivity index (χ0) is 23.4. The lowest BCUT2D eigenvalue weighted by Gasteiger charge is -2.26. The lowest BCUT2D eigenvalue weighted by atomic mass is 10.2. The molecular formula is C18H16N6O6S3. The van der Waals surface area contributed by atoms with Crippen molar-refractivity contribution in [3.05, 3.63) is 57.0 Å². The van der Waals surface area contributed by atoms with E-state index in [0.29, 0.717) is 18.1 Å². The molecule has 3 heterocycles. The van der Waals surface area contributed by atoms with Gasteiger partial charge in [-0.15, -0.1) is 10.2 Å². The number of aromatic nitrogens is 2. The van der Waals surface area contributed by atoms with Gasteiger partial charge in [0.15, 0.2) is 0 Å². The van der Waals surface area contributed by atoms with Gasteiger partial charge in [0.25, 0.3) is 5.91 Å². The monoisotopic (exact) mass is 508 g/mol. The predicted molar refractivity (Wildman–Crippen MR) is 122 cm³/mol. The minimum Gasteiger partial charge on any atom is -0.379 e. The smallest absolute Gasteiger partial charge is 0.324 e. The largest absolute Gasteiger partial charge is 0.379 e. The Kier molecular flexibility index (Phi) is 6.85. The van der Waals surface area contributed by atoms with Crippen LogP contribution in [0.2, 0.25) is 0 Å². The van der Waals surface area contributed by atoms with Crippen molar-refractivity contribution >= 4 is 60.1 Å². The van der Waals surface area contributed by atoms with Crippen LogP contribution in [-0.4, -0.2) is 66.3 Å². The number of anilines is 1. The molecule has 1 saturated heterocycles. The number of hydrogen-bond donors (Lipinski definition) is 1. The maximum atomic E-state index is 12.7. The van der Waals surface area contributed by atoms with Crippen LogP contribution in [0, 0.1) is 10.1 Å². The minimum absolute atomic E-state index is 0.00503. The first-order valence-electron chi connectivity index (χ1n) is 9.44. The lowest BCUT2D eigenvalue weighted by molar-refractivity contribution is -0.380. The predicted octanol–water partition coefficient (Wildman–Crippen LogP) is 2.53. The molecule has 0 spiro atoms. The molecule has 0 saturated carbocycles. The summed E-state index contributed by atoms with van der Waals surface area (Å²) in [7, 11) is -3.64. The summed E-state index contributed by atoms with van der Waals surface area (Å²) < 4.78 is 31.9. The first-order chi connectivity index (χ1) is 15.8. The maximum absolute atomic E-state index is 12.7. The zero-order valence-electron chi connectivity index (χ0n) is 16.8. The van der Waals surface area contributed by atoms with E-state index in [9.17, 15) is 23.3 Å². The summed E-state index contributed by atoms with van der Waals surface area (Å²) in [4.78, 5) is 27.5. The molecule has 33 heavy (non-hydrogen) atoms. The van der Waals surface area contributed by atoms with Gasteiger partial charge in [-0.3, -0.25) is 20.2 Å². The summed E-state index contributed by atoms with van der Waals surface area (Å²) in [5.41, 5.74) is 0.252. The van der Waals surface area contributed by atoms with Gasteiger partial charge in [-0.25, -0.2) is 13.4 Å². The van der Waals surface area contributed by atoms with Crippen molar-refractivity contribution < 1.29 is 22.9 Å². The van der Waals surface area contributed by atoms with Gasteiger partial charge in [0.1, 0.15) is 0 Å². The van der Waals surface area contributed by atoms with Crippen molar-refractivity contribution in [2.75, 3.05) is 31.6 Å². The average molecular weight is 509 g/mol. The van der Waals surface area contributed by atoms with Gasteiger partial charge >= 0.3 is 5.00 Å². The highest BCUT2D eigenvalue weighted by Gasteiger charge is 2.26. The molecule has 1 aliphatic heterocycles. The number of hydrogen-bond acceptors (Lipinski definition) is 11. The number of aliphatic imine (C=N–C) groups is 1. The van der Waals surface area contributed by atoms with Crippen LogP contribution in [0.3, 0.4) is 0 Å². The maximum Gasteiger partial charge on any atom is 0.324 e. The van der Waals surface area contributed by atoms with Crippen molar-refractivity contribution in [1.82, 2.24) is 14.5 Å². The summed E-state index contributed by atoms with van der Waals surface area (Å²) in [6.07, 6.45) is 1.43. The topological polar surface area (TPSA) is 157 Å². The van der Waals surface area contributed by atoms with Crippen LogP contribution in [0.4, 0.5) is 15.3 Å². The first kappa shape index (κ1) is 23.1. The molecule has 0 unspecified atom stereocenters. The summed E-state index contributed by atoms with van der Waals surface area (Å²) in [6, 6.07) is 8.57. The summed E-state index contributed by atoms with van der Waals surface area (Å²) in [5, 5.41) is 21.5. The number of carbonyl (C=O) groups excluding carboxylic acids is 1. The van der Waals surface area contributed by atoms with Crippen molar-refractivity contribution in [3.8, 4) is 0 Å². The number of nitro groups is 1. The molecule has 1 fully saturated rings. The summed E-state index contributed by atoms with van der Waals surface area (Å²) in [6.45, 7) is 1.27. The summed E-state index contributed by atoms with van der Waals surface area (Å²) in [5.74, 6) is -0.481. The third kappa shape index (κ3) is 5.45. The van der Waals surface area contributed by atoms with Crippen LogP contribution < -0.4 is 5.32 Å². The van der Waals surface area contributed by atoms with Crippen LogP contribution in [0.5, 0.6) is 0 Å². The van der Waals surface area contributed by atoms with Crippen molar-refractivity contribution in [2.45, 2.75) is 4.90 Å². The van der Waals surface area contributed by atoms with E-state index < -0.39 is 20.9 Å². The highest BCUT2D eigenvalue weighted by Crippen LogP contribution is 2.26. The Labute approximate surface area is 195 Å². The first-order valence-corrected chi connectivity index (χ1v) is 12.5. The molecule has 12 nitrogen and oxygen atoms in total. The Morgan fingerprint density at radius 1 is 1.15 bits per heavy atom. The second kappa shape index (κ2) is 9.80. The fraction of sp³-hybridized carbons (Fsp3) is 0.222. The third-order valence-corrected chi connectivity index (χ3v) is 8.08. The molecule has 1 N–H and O–H groups in total. The van der Waals surface area contributed by atoms with E-state index >= 15 is 0 Å². The van der Waals surface area contributed by atoms with E-state index in [1.54, 1.807) is 6.07 Å². The molecule has 0 atom stereocenters. The van der Waals surface area contributed by atoms with E-state index in [1.807, 2.05) is 0 Å². The number of benzene rings is 1. The van der Waals surface area contributed by atoms with E-state index in [2.05, 4.69) is 20.5 Å². The van der Waals surface area contributed by atoms with Crippen LogP contribution in [0.25, 0.3) is 0 Å². The average Bonchev–Trinajstić information content (AvgIpc) is 3.48. The number of sulfonamides is 1. The van der Waals surface area contributed by atoms with Crippen LogP contribution >= 0.6 is 22.7 Å². The second-order valence-corrected chi connectivity index (χ2v) is 10.6. The molecule has 1 aromatic carbocycles. The molecule has 4 rings (SSSR count). The molecule has 2 aromatic heterocycles. The third-order valence-electron chi connectivity index (χ3n) is 4.45. The number of ether oxygens (including phenoxy) is 1. The molecule has 1 amide bonds. The minimum atomic E-state index is -3.64. The number of amides is 1. The highest BCUT2D eigenvalue weighted by molar-refractivity contribution is 7.89. The van der Waals surface area contributed by atoms with E-state index in [0.717, 1.165) is 22.7 Å². The van der Waals surface area contributed by atoms with Gasteiger partial charge in [0.05, 0.1) is 27.9 Å². The van der Waals surface area contributed by atoms with Crippen LogP contribution in [0.15, 0.2) is 46.3 Å². The van der Waals surface area contributed by atoms with Crippen molar-refractivity contribution in [1.29, 1.82) is 0 Å². The molecular weight excluding hydrogens is 492 g/mol. The van der Waals surface area contributed by atoms with Gasteiger partial charge < -0.3 is 4.74 Å². The van der Waals surface area contributed by atoms with Crippen molar-refractivity contribution in [3.63, 3.8) is 0 Å². The number of thiophene rings is 1. The number of carbonyl (C=O) groups is 1. The highest BCUT2D eigenvalue weighted by atomic mass is 32.2. The Bertz CT molecular complexity index is 1300. The number of rotatable bonds is 7. The fourth-order valence-corrected chi connectivity index (χ4v) is 5.52. The van der Waals surface area contributed by atoms with Crippen LogP contribution in [0.1, 0.15) is 15.2 Å². The number of morpholine rings is 1. The normalized spacial score (nSPS) is 15.0. The van der Waals surface area contributed by atoms with Gasteiger partial charge in [-0.2, -0.15) is 4.31 Å². The second-order valence-electron chi connectivity index (χ2n) is 6.58. The van der Waals surface area contributed by atoms with Gasteiger partial charge in [0.2, 0.25) is 20.3 Å². The standard InChI is InChI=1S/C18H16N6O6S3/c25-16(12-1-4-14(5-2-12)33(28,29)23-7-9-30-10-8-23)20-18-22-21-17(32-18)19-11-13-3-6-15(31-13)24(26)27/h1-6,11H,7-10H2,(H,20,22,25). The van der Waals surface area contributed by atoms with Crippen molar-refractivity contribution in [2.24, 2.45) is 4.99 Å². The fourth-order valence-electron chi connectivity index (χ4n) is 2.83. The molecule has 0 radical (unpaired) electrons. The molecule has 3 aromatic rings. The number of nitrogens with zero attached hydrogens (tertiary/aromatic N) is 5. The van der Waals surface area contributed by atoms with E-state index in [4.69, 9.17) is 4.74 Å². The van der Waals surface area contributed by atoms with Crippen LogP contribution in [-0.2, 0) is 14.8 Å². The zero-order valence-corrected chi connectivity index (χ0v) is 19.2. The summed E-state index contributed by atoms with van der Waals surface area (Å²) >= 11 is 1.99. The Hall–Kier alpha value is -3.11. The molecule has 172 valence electrons. The molecule has 0 bridgehead atoms. The quantitative estimate of drug-likeness (QED) is 0.290. The molecule has 0 aliphatic carbocycles. The Balaban J connectivity index is 1.39. The van der Waals surface area contributed by atoms with E-state index in [-0.39, 0.29) is 38.8 Å². The van der Waals surface area contributed by atoms with Gasteiger partial charge in [-0.1, -0.05) is 22.7 Å². The van der Waals surface area contributed by atoms with E-state index in [1.165, 1.54) is 40.9 Å². The number of nitrogens with one attached hydrogen (secondary N) is 1. The Morgan fingerprint density at radius 2 is 1.88 bits per heavy atom. The lowest BCUT2D eigenvalue weighted by Crippen LogP contribution is -2.40. The van der Waals surface area contributed by atoms with Gasteiger partial charge in [0, 0.05) is 30.9 Å². The Morgan fingerprint density at radius 3 is 2.55 bits per heavy atom. The molecule has 1 aliphatic rings.